The predicted molar refractivity (Wildman–Crippen MR) is 89.9 cm³/mol. The van der Waals surface area contributed by atoms with E-state index in [0.717, 1.165) is 26.2 Å². The summed E-state index contributed by atoms with van der Waals surface area (Å²) in [6.07, 6.45) is 0.385. The third-order valence-electron chi connectivity index (χ3n) is 3.91. The number of nitrogens with one attached hydrogen (secondary N) is 1. The van der Waals surface area contributed by atoms with Gasteiger partial charge < -0.3 is 15.0 Å². The van der Waals surface area contributed by atoms with Gasteiger partial charge in [0.25, 0.3) is 0 Å². The normalized spacial score (nSPS) is 15.3. The van der Waals surface area contributed by atoms with Gasteiger partial charge in [0.15, 0.2) is 0 Å². The highest BCUT2D eigenvalue weighted by molar-refractivity contribution is 6.31. The molecule has 1 saturated heterocycles. The molecular formula is C16H22ClN3O3. The van der Waals surface area contributed by atoms with E-state index >= 15 is 0 Å². The number of carbonyl (C=O) groups excluding carboxylic acids is 2. The summed E-state index contributed by atoms with van der Waals surface area (Å²) in [4.78, 5) is 27.4. The average molecular weight is 340 g/mol. The minimum absolute atomic E-state index is 0.0837. The summed E-state index contributed by atoms with van der Waals surface area (Å²) in [5.74, 6) is 0.604. The second-order valence-electron chi connectivity index (χ2n) is 5.49. The number of piperazine rings is 1. The highest BCUT2D eigenvalue weighted by atomic mass is 35.5. The maximum absolute atomic E-state index is 12.1. The fraction of sp³-hybridized carbons (Fsp3) is 0.500. The van der Waals surface area contributed by atoms with E-state index in [1.54, 1.807) is 32.2 Å². The zero-order valence-electron chi connectivity index (χ0n) is 13.5. The van der Waals surface area contributed by atoms with E-state index in [4.69, 9.17) is 16.3 Å². The van der Waals surface area contributed by atoms with Gasteiger partial charge in [-0.15, -0.1) is 0 Å². The van der Waals surface area contributed by atoms with E-state index in [9.17, 15) is 9.59 Å². The number of anilines is 1. The van der Waals surface area contributed by atoms with Gasteiger partial charge in [-0.2, -0.15) is 0 Å². The first-order chi connectivity index (χ1) is 11.0. The fourth-order valence-corrected chi connectivity index (χ4v) is 2.71. The Morgan fingerprint density at radius 3 is 2.57 bits per heavy atom. The summed E-state index contributed by atoms with van der Waals surface area (Å²) in [6, 6.07) is 5.10. The van der Waals surface area contributed by atoms with Gasteiger partial charge in [0.05, 0.1) is 12.8 Å². The van der Waals surface area contributed by atoms with Crippen molar-refractivity contribution in [1.82, 2.24) is 9.80 Å². The van der Waals surface area contributed by atoms with Crippen LogP contribution in [0, 0.1) is 0 Å². The lowest BCUT2D eigenvalue weighted by Gasteiger charge is -2.34. The molecule has 0 aliphatic carbocycles. The number of amides is 2. The van der Waals surface area contributed by atoms with Crippen molar-refractivity contribution in [2.24, 2.45) is 0 Å². The molecule has 0 bridgehead atoms. The van der Waals surface area contributed by atoms with Gasteiger partial charge in [0.1, 0.15) is 5.75 Å². The summed E-state index contributed by atoms with van der Waals surface area (Å²) in [6.45, 7) is 5.29. The molecule has 7 heteroatoms. The Kier molecular flexibility index (Phi) is 6.24. The van der Waals surface area contributed by atoms with Gasteiger partial charge >= 0.3 is 0 Å². The number of carbonyl (C=O) groups is 2. The van der Waals surface area contributed by atoms with E-state index in [-0.39, 0.29) is 11.8 Å². The Hall–Kier alpha value is -1.79. The minimum Gasteiger partial charge on any atom is -0.495 e. The first kappa shape index (κ1) is 17.6. The second kappa shape index (κ2) is 8.17. The number of methoxy groups -OCH3 is 1. The number of rotatable bonds is 5. The molecule has 0 spiro atoms. The van der Waals surface area contributed by atoms with Crippen LogP contribution in [0.15, 0.2) is 18.2 Å². The van der Waals surface area contributed by atoms with Crippen LogP contribution in [-0.2, 0) is 9.59 Å². The van der Waals surface area contributed by atoms with Crippen molar-refractivity contribution < 1.29 is 14.3 Å². The molecule has 0 saturated carbocycles. The SMILES string of the molecule is COc1ccc(Cl)cc1NC(=O)CCN1CCN(C(C)=O)CC1. The monoisotopic (exact) mass is 339 g/mol. The molecule has 1 aromatic rings. The number of hydrogen-bond acceptors (Lipinski definition) is 4. The summed E-state index contributed by atoms with van der Waals surface area (Å²) in [5.41, 5.74) is 0.575. The molecule has 23 heavy (non-hydrogen) atoms. The molecule has 2 amide bonds. The van der Waals surface area contributed by atoms with E-state index < -0.39 is 0 Å². The fourth-order valence-electron chi connectivity index (χ4n) is 2.54. The minimum atomic E-state index is -0.0837. The van der Waals surface area contributed by atoms with Crippen molar-refractivity contribution in [1.29, 1.82) is 0 Å². The van der Waals surface area contributed by atoms with Gasteiger partial charge in [0.2, 0.25) is 11.8 Å². The van der Waals surface area contributed by atoms with Crippen LogP contribution in [0.3, 0.4) is 0 Å². The zero-order valence-corrected chi connectivity index (χ0v) is 14.2. The molecule has 1 heterocycles. The van der Waals surface area contributed by atoms with Crippen LogP contribution >= 0.6 is 11.6 Å². The molecule has 1 aliphatic rings. The molecule has 1 N–H and O–H groups in total. The molecule has 1 aromatic carbocycles. The molecule has 0 aromatic heterocycles. The van der Waals surface area contributed by atoms with E-state index in [0.29, 0.717) is 29.4 Å². The van der Waals surface area contributed by atoms with Crippen LogP contribution in [-0.4, -0.2) is 61.4 Å². The maximum atomic E-state index is 12.1. The first-order valence-corrected chi connectivity index (χ1v) is 7.98. The van der Waals surface area contributed by atoms with E-state index in [1.165, 1.54) is 0 Å². The Labute approximate surface area is 141 Å². The second-order valence-corrected chi connectivity index (χ2v) is 5.93. The molecule has 1 fully saturated rings. The molecule has 0 radical (unpaired) electrons. The Balaban J connectivity index is 1.80. The molecule has 0 unspecified atom stereocenters. The number of halogens is 1. The van der Waals surface area contributed by atoms with Gasteiger partial charge in [-0.05, 0) is 18.2 Å². The summed E-state index contributed by atoms with van der Waals surface area (Å²) in [5, 5.41) is 3.37. The third kappa shape index (κ3) is 5.11. The number of nitrogens with zero attached hydrogens (tertiary/aromatic N) is 2. The third-order valence-corrected chi connectivity index (χ3v) is 4.14. The number of hydrogen-bond donors (Lipinski definition) is 1. The Morgan fingerprint density at radius 1 is 1.26 bits per heavy atom. The summed E-state index contributed by atoms with van der Waals surface area (Å²) in [7, 11) is 1.55. The topological polar surface area (TPSA) is 61.9 Å². The average Bonchev–Trinajstić information content (AvgIpc) is 2.53. The lowest BCUT2D eigenvalue weighted by Crippen LogP contribution is -2.48. The van der Waals surface area contributed by atoms with Crippen LogP contribution in [0.1, 0.15) is 13.3 Å². The maximum Gasteiger partial charge on any atom is 0.225 e. The van der Waals surface area contributed by atoms with Crippen molar-refractivity contribution >= 4 is 29.1 Å². The molecule has 1 aliphatic heterocycles. The van der Waals surface area contributed by atoms with Crippen LogP contribution in [0.5, 0.6) is 5.75 Å². The molecule has 6 nitrogen and oxygen atoms in total. The van der Waals surface area contributed by atoms with Crippen LogP contribution in [0.4, 0.5) is 5.69 Å². The van der Waals surface area contributed by atoms with Crippen molar-refractivity contribution in [2.75, 3.05) is 45.2 Å². The molecule has 0 atom stereocenters. The van der Waals surface area contributed by atoms with E-state index in [1.807, 2.05) is 4.90 Å². The molecule has 126 valence electrons. The molecular weight excluding hydrogens is 318 g/mol. The summed E-state index contributed by atoms with van der Waals surface area (Å²) < 4.78 is 5.21. The Bertz CT molecular complexity index is 572. The predicted octanol–water partition coefficient (Wildman–Crippen LogP) is 1.84. The van der Waals surface area contributed by atoms with Crippen molar-refractivity contribution in [3.05, 3.63) is 23.2 Å². The number of benzene rings is 1. The van der Waals surface area contributed by atoms with E-state index in [2.05, 4.69) is 10.2 Å². The summed E-state index contributed by atoms with van der Waals surface area (Å²) >= 11 is 5.95. The molecule has 2 rings (SSSR count). The van der Waals surface area contributed by atoms with Crippen molar-refractivity contribution in [2.45, 2.75) is 13.3 Å². The smallest absolute Gasteiger partial charge is 0.225 e. The van der Waals surface area contributed by atoms with Crippen LogP contribution in [0.25, 0.3) is 0 Å². The lowest BCUT2D eigenvalue weighted by molar-refractivity contribution is -0.130. The van der Waals surface area contributed by atoms with Crippen molar-refractivity contribution in [3.8, 4) is 5.75 Å². The highest BCUT2D eigenvalue weighted by Crippen LogP contribution is 2.27. The standard InChI is InChI=1S/C16H22ClN3O3/c1-12(21)20-9-7-19(8-10-20)6-5-16(22)18-14-11-13(17)3-4-15(14)23-2/h3-4,11H,5-10H2,1-2H3,(H,18,22). The lowest BCUT2D eigenvalue weighted by atomic mass is 10.2. The van der Waals surface area contributed by atoms with Gasteiger partial charge in [-0.1, -0.05) is 11.6 Å². The van der Waals surface area contributed by atoms with Crippen molar-refractivity contribution in [3.63, 3.8) is 0 Å². The Morgan fingerprint density at radius 2 is 1.96 bits per heavy atom. The quantitative estimate of drug-likeness (QED) is 0.889. The zero-order chi connectivity index (χ0) is 16.8. The van der Waals surface area contributed by atoms with Gasteiger partial charge in [-0.3, -0.25) is 14.5 Å². The van der Waals surface area contributed by atoms with Crippen LogP contribution < -0.4 is 10.1 Å². The largest absolute Gasteiger partial charge is 0.495 e. The van der Waals surface area contributed by atoms with Crippen LogP contribution in [0.2, 0.25) is 5.02 Å². The first-order valence-electron chi connectivity index (χ1n) is 7.61. The highest BCUT2D eigenvalue weighted by Gasteiger charge is 2.19. The van der Waals surface area contributed by atoms with Gasteiger partial charge in [0, 0.05) is 51.1 Å². The van der Waals surface area contributed by atoms with Gasteiger partial charge in [-0.25, -0.2) is 0 Å². The number of ether oxygens (including phenoxy) is 1.